The van der Waals surface area contributed by atoms with Crippen LogP contribution in [0.1, 0.15) is 39.7 Å². The molecule has 4 heteroatoms. The number of rotatable bonds is 4. The third kappa shape index (κ3) is 3.96. The minimum atomic E-state index is -0.497. The SMILES string of the molecule is CC[C@@H](N)C(=O)Nc1cc(C(C)(C)C)ccc1OC. The molecule has 106 valence electrons. The number of nitrogens with one attached hydrogen (secondary N) is 1. The quantitative estimate of drug-likeness (QED) is 0.878. The van der Waals surface area contributed by atoms with Gasteiger partial charge in [0.15, 0.2) is 0 Å². The fourth-order valence-corrected chi connectivity index (χ4v) is 1.68. The number of carbonyl (C=O) groups excluding carboxylic acids is 1. The maximum atomic E-state index is 11.9. The Morgan fingerprint density at radius 1 is 1.42 bits per heavy atom. The van der Waals surface area contributed by atoms with Crippen molar-refractivity contribution < 1.29 is 9.53 Å². The maximum absolute atomic E-state index is 11.9. The summed E-state index contributed by atoms with van der Waals surface area (Å²) in [7, 11) is 1.58. The highest BCUT2D eigenvalue weighted by Gasteiger charge is 2.18. The van der Waals surface area contributed by atoms with Crippen LogP contribution in [0, 0.1) is 0 Å². The van der Waals surface area contributed by atoms with E-state index in [1.165, 1.54) is 0 Å². The molecule has 0 saturated carbocycles. The number of anilines is 1. The summed E-state index contributed by atoms with van der Waals surface area (Å²) in [5.74, 6) is 0.455. The number of hydrogen-bond acceptors (Lipinski definition) is 3. The van der Waals surface area contributed by atoms with Gasteiger partial charge >= 0.3 is 0 Å². The normalized spacial score (nSPS) is 12.9. The van der Waals surface area contributed by atoms with Gasteiger partial charge in [0.2, 0.25) is 5.91 Å². The molecule has 0 aliphatic heterocycles. The zero-order chi connectivity index (χ0) is 14.6. The number of benzene rings is 1. The van der Waals surface area contributed by atoms with E-state index in [-0.39, 0.29) is 11.3 Å². The predicted molar refractivity (Wildman–Crippen MR) is 78.6 cm³/mol. The van der Waals surface area contributed by atoms with Crippen LogP contribution in [0.25, 0.3) is 0 Å². The van der Waals surface area contributed by atoms with Crippen molar-refractivity contribution in [2.45, 2.75) is 45.6 Å². The Labute approximate surface area is 115 Å². The Morgan fingerprint density at radius 2 is 2.05 bits per heavy atom. The van der Waals surface area contributed by atoms with Gasteiger partial charge in [-0.2, -0.15) is 0 Å². The molecule has 1 aromatic rings. The van der Waals surface area contributed by atoms with Crippen LogP contribution in [0.5, 0.6) is 5.75 Å². The smallest absolute Gasteiger partial charge is 0.241 e. The van der Waals surface area contributed by atoms with Crippen LogP contribution in [0.2, 0.25) is 0 Å². The lowest BCUT2D eigenvalue weighted by Gasteiger charge is -2.21. The topological polar surface area (TPSA) is 64.4 Å². The minimum Gasteiger partial charge on any atom is -0.495 e. The molecule has 1 aromatic carbocycles. The molecule has 3 N–H and O–H groups in total. The summed E-state index contributed by atoms with van der Waals surface area (Å²) in [6, 6.07) is 5.32. The Morgan fingerprint density at radius 3 is 2.53 bits per heavy atom. The van der Waals surface area contributed by atoms with Gasteiger partial charge in [0, 0.05) is 0 Å². The van der Waals surface area contributed by atoms with Gasteiger partial charge in [0.1, 0.15) is 5.75 Å². The van der Waals surface area contributed by atoms with Crippen LogP contribution in [0.4, 0.5) is 5.69 Å². The second kappa shape index (κ2) is 6.06. The average molecular weight is 264 g/mol. The number of nitrogens with two attached hydrogens (primary N) is 1. The zero-order valence-electron chi connectivity index (χ0n) is 12.4. The van der Waals surface area contributed by atoms with Gasteiger partial charge in [0.25, 0.3) is 0 Å². The number of amides is 1. The summed E-state index contributed by atoms with van der Waals surface area (Å²) in [4.78, 5) is 11.9. The molecule has 1 rings (SSSR count). The van der Waals surface area contributed by atoms with Crippen molar-refractivity contribution in [3.05, 3.63) is 23.8 Å². The number of methoxy groups -OCH3 is 1. The Balaban J connectivity index is 3.07. The van der Waals surface area contributed by atoms with E-state index in [2.05, 4.69) is 26.1 Å². The van der Waals surface area contributed by atoms with Gasteiger partial charge in [-0.25, -0.2) is 0 Å². The molecule has 0 saturated heterocycles. The van der Waals surface area contributed by atoms with Crippen molar-refractivity contribution in [2.24, 2.45) is 5.73 Å². The van der Waals surface area contributed by atoms with Crippen molar-refractivity contribution in [3.63, 3.8) is 0 Å². The molecule has 1 atom stereocenters. The first-order chi connectivity index (χ1) is 8.79. The fourth-order valence-electron chi connectivity index (χ4n) is 1.68. The first kappa shape index (κ1) is 15.5. The molecule has 0 bridgehead atoms. The Kier molecular flexibility index (Phi) is 4.95. The van der Waals surface area contributed by atoms with E-state index in [0.29, 0.717) is 17.9 Å². The van der Waals surface area contributed by atoms with Crippen LogP contribution >= 0.6 is 0 Å². The van der Waals surface area contributed by atoms with E-state index in [1.54, 1.807) is 7.11 Å². The molecule has 0 fully saturated rings. The lowest BCUT2D eigenvalue weighted by Crippen LogP contribution is -2.35. The van der Waals surface area contributed by atoms with Crippen LogP contribution < -0.4 is 15.8 Å². The van der Waals surface area contributed by atoms with Gasteiger partial charge in [-0.05, 0) is 29.5 Å². The molecule has 0 spiro atoms. The summed E-state index contributed by atoms with van der Waals surface area (Å²) in [6.45, 7) is 8.25. The zero-order valence-corrected chi connectivity index (χ0v) is 12.4. The van der Waals surface area contributed by atoms with E-state index in [1.807, 2.05) is 25.1 Å². The Bertz CT molecular complexity index is 450. The summed E-state index contributed by atoms with van der Waals surface area (Å²) in [5, 5.41) is 2.84. The van der Waals surface area contributed by atoms with Crippen molar-refractivity contribution in [2.75, 3.05) is 12.4 Å². The predicted octanol–water partition coefficient (Wildman–Crippen LogP) is 2.67. The second-order valence-corrected chi connectivity index (χ2v) is 5.67. The summed E-state index contributed by atoms with van der Waals surface area (Å²) >= 11 is 0. The molecule has 4 nitrogen and oxygen atoms in total. The average Bonchev–Trinajstić information content (AvgIpc) is 2.36. The highest BCUT2D eigenvalue weighted by Crippen LogP contribution is 2.31. The Hall–Kier alpha value is -1.55. The van der Waals surface area contributed by atoms with E-state index in [0.717, 1.165) is 5.56 Å². The number of hydrogen-bond donors (Lipinski definition) is 2. The standard InChI is InChI=1S/C15H24N2O2/c1-6-11(16)14(18)17-12-9-10(15(2,3)4)7-8-13(12)19-5/h7-9,11H,6,16H2,1-5H3,(H,17,18)/t11-/m1/s1. The molecular formula is C15H24N2O2. The molecular weight excluding hydrogens is 240 g/mol. The molecule has 0 unspecified atom stereocenters. The van der Waals surface area contributed by atoms with E-state index in [9.17, 15) is 4.79 Å². The lowest BCUT2D eigenvalue weighted by atomic mass is 9.87. The summed E-state index contributed by atoms with van der Waals surface area (Å²) in [6.07, 6.45) is 0.604. The third-order valence-corrected chi connectivity index (χ3v) is 3.10. The summed E-state index contributed by atoms with van der Waals surface area (Å²) < 4.78 is 5.27. The molecule has 0 heterocycles. The molecule has 1 amide bonds. The molecule has 0 aromatic heterocycles. The second-order valence-electron chi connectivity index (χ2n) is 5.67. The van der Waals surface area contributed by atoms with E-state index in [4.69, 9.17) is 10.5 Å². The molecule has 0 aliphatic carbocycles. The van der Waals surface area contributed by atoms with Crippen molar-refractivity contribution in [1.29, 1.82) is 0 Å². The van der Waals surface area contributed by atoms with Gasteiger partial charge < -0.3 is 15.8 Å². The number of carbonyl (C=O) groups is 1. The molecule has 19 heavy (non-hydrogen) atoms. The lowest BCUT2D eigenvalue weighted by molar-refractivity contribution is -0.117. The van der Waals surface area contributed by atoms with Crippen molar-refractivity contribution >= 4 is 11.6 Å². The van der Waals surface area contributed by atoms with Gasteiger partial charge in [0.05, 0.1) is 18.8 Å². The van der Waals surface area contributed by atoms with Crippen LogP contribution in [0.15, 0.2) is 18.2 Å². The van der Waals surface area contributed by atoms with E-state index < -0.39 is 6.04 Å². The molecule has 0 aliphatic rings. The van der Waals surface area contributed by atoms with Gasteiger partial charge in [-0.3, -0.25) is 4.79 Å². The van der Waals surface area contributed by atoms with Crippen molar-refractivity contribution in [1.82, 2.24) is 0 Å². The monoisotopic (exact) mass is 264 g/mol. The van der Waals surface area contributed by atoms with Crippen LogP contribution in [-0.4, -0.2) is 19.1 Å². The van der Waals surface area contributed by atoms with Crippen molar-refractivity contribution in [3.8, 4) is 5.75 Å². The largest absolute Gasteiger partial charge is 0.495 e. The first-order valence-corrected chi connectivity index (χ1v) is 6.54. The molecule has 0 radical (unpaired) electrons. The maximum Gasteiger partial charge on any atom is 0.241 e. The fraction of sp³-hybridized carbons (Fsp3) is 0.533. The van der Waals surface area contributed by atoms with Crippen LogP contribution in [-0.2, 0) is 10.2 Å². The highest BCUT2D eigenvalue weighted by atomic mass is 16.5. The minimum absolute atomic E-state index is 0.0125. The number of ether oxygens (including phenoxy) is 1. The van der Waals surface area contributed by atoms with E-state index >= 15 is 0 Å². The highest BCUT2D eigenvalue weighted by molar-refractivity contribution is 5.96. The first-order valence-electron chi connectivity index (χ1n) is 6.54. The summed E-state index contributed by atoms with van der Waals surface area (Å²) in [5.41, 5.74) is 7.54. The van der Waals surface area contributed by atoms with Crippen LogP contribution in [0.3, 0.4) is 0 Å². The van der Waals surface area contributed by atoms with Gasteiger partial charge in [-0.15, -0.1) is 0 Å². The van der Waals surface area contributed by atoms with Gasteiger partial charge in [-0.1, -0.05) is 33.8 Å². The third-order valence-electron chi connectivity index (χ3n) is 3.10.